The smallest absolute Gasteiger partial charge is 0.260 e. The number of rotatable bonds is 3. The Balaban J connectivity index is 3.10. The summed E-state index contributed by atoms with van der Waals surface area (Å²) in [7, 11) is -0.578. The zero-order chi connectivity index (χ0) is 10.8. The van der Waals surface area contributed by atoms with Crippen LogP contribution in [0.15, 0.2) is 23.4 Å². The van der Waals surface area contributed by atoms with Gasteiger partial charge in [0.05, 0.1) is 6.61 Å². The lowest BCUT2D eigenvalue weighted by atomic mass is 10.3. The van der Waals surface area contributed by atoms with Crippen LogP contribution in [0.25, 0.3) is 0 Å². The second-order valence-corrected chi connectivity index (χ2v) is 5.05. The van der Waals surface area contributed by atoms with Crippen molar-refractivity contribution in [3.63, 3.8) is 0 Å². The SMILES string of the molecule is CN(C)S(=O)(=O)c1ccc(CO)cn1. The monoisotopic (exact) mass is 216 g/mol. The van der Waals surface area contributed by atoms with Crippen LogP contribution in [-0.4, -0.2) is 36.9 Å². The van der Waals surface area contributed by atoms with Crippen molar-refractivity contribution in [2.24, 2.45) is 0 Å². The first-order valence-electron chi connectivity index (χ1n) is 3.97. The molecule has 1 heterocycles. The van der Waals surface area contributed by atoms with E-state index in [1.54, 1.807) is 0 Å². The maximum atomic E-state index is 11.5. The predicted molar refractivity (Wildman–Crippen MR) is 51.0 cm³/mol. The average molecular weight is 216 g/mol. The van der Waals surface area contributed by atoms with Gasteiger partial charge in [0, 0.05) is 20.3 Å². The molecule has 0 saturated heterocycles. The summed E-state index contributed by atoms with van der Waals surface area (Å²) in [6.07, 6.45) is 1.34. The van der Waals surface area contributed by atoms with Gasteiger partial charge in [-0.1, -0.05) is 6.07 Å². The van der Waals surface area contributed by atoms with E-state index in [9.17, 15) is 8.42 Å². The van der Waals surface area contributed by atoms with Gasteiger partial charge < -0.3 is 5.11 Å². The molecule has 0 aromatic carbocycles. The molecule has 0 aliphatic heterocycles. The molecular formula is C8H12N2O3S. The third-order valence-corrected chi connectivity index (χ3v) is 3.46. The fourth-order valence-electron chi connectivity index (χ4n) is 0.844. The Morgan fingerprint density at radius 2 is 2.07 bits per heavy atom. The van der Waals surface area contributed by atoms with Crippen LogP contribution in [-0.2, 0) is 16.6 Å². The Morgan fingerprint density at radius 1 is 1.43 bits per heavy atom. The molecule has 0 bridgehead atoms. The van der Waals surface area contributed by atoms with Crippen molar-refractivity contribution in [1.82, 2.24) is 9.29 Å². The van der Waals surface area contributed by atoms with E-state index in [4.69, 9.17) is 5.11 Å². The standard InChI is InChI=1S/C8H12N2O3S/c1-10(2)14(12,13)8-4-3-7(6-11)5-9-8/h3-5,11H,6H2,1-2H3. The maximum Gasteiger partial charge on any atom is 0.260 e. The quantitative estimate of drug-likeness (QED) is 0.761. The lowest BCUT2D eigenvalue weighted by molar-refractivity contribution is 0.281. The van der Waals surface area contributed by atoms with Crippen molar-refractivity contribution < 1.29 is 13.5 Å². The molecule has 0 atom stereocenters. The molecule has 1 rings (SSSR count). The van der Waals surface area contributed by atoms with Crippen LogP contribution in [0.4, 0.5) is 0 Å². The lowest BCUT2D eigenvalue weighted by Gasteiger charge is -2.10. The first-order valence-corrected chi connectivity index (χ1v) is 5.41. The van der Waals surface area contributed by atoms with Gasteiger partial charge in [0.1, 0.15) is 0 Å². The Labute approximate surface area is 83.1 Å². The average Bonchev–Trinajstić information content (AvgIpc) is 2.17. The fourth-order valence-corrected chi connectivity index (χ4v) is 1.64. The third-order valence-electron chi connectivity index (χ3n) is 1.73. The van der Waals surface area contributed by atoms with Gasteiger partial charge in [-0.15, -0.1) is 0 Å². The minimum Gasteiger partial charge on any atom is -0.392 e. The predicted octanol–water partition coefficient (Wildman–Crippen LogP) is -0.176. The largest absolute Gasteiger partial charge is 0.392 e. The van der Waals surface area contributed by atoms with Crippen molar-refractivity contribution in [3.8, 4) is 0 Å². The number of hydrogen-bond acceptors (Lipinski definition) is 4. The molecule has 1 aromatic heterocycles. The van der Waals surface area contributed by atoms with E-state index in [2.05, 4.69) is 4.98 Å². The molecule has 0 fully saturated rings. The van der Waals surface area contributed by atoms with Crippen LogP contribution in [0.5, 0.6) is 0 Å². The topological polar surface area (TPSA) is 70.5 Å². The molecule has 0 spiro atoms. The van der Waals surface area contributed by atoms with E-state index in [-0.39, 0.29) is 11.6 Å². The van der Waals surface area contributed by atoms with Crippen molar-refractivity contribution in [1.29, 1.82) is 0 Å². The van der Waals surface area contributed by atoms with E-state index in [0.29, 0.717) is 5.56 Å². The Morgan fingerprint density at radius 3 is 2.43 bits per heavy atom. The number of aliphatic hydroxyl groups is 1. The van der Waals surface area contributed by atoms with Crippen LogP contribution in [0.1, 0.15) is 5.56 Å². The highest BCUT2D eigenvalue weighted by atomic mass is 32.2. The summed E-state index contributed by atoms with van der Waals surface area (Å²) in [5.41, 5.74) is 0.586. The molecule has 0 saturated carbocycles. The van der Waals surface area contributed by atoms with E-state index < -0.39 is 10.0 Å². The first-order chi connectivity index (χ1) is 6.48. The van der Waals surface area contributed by atoms with Crippen LogP contribution in [0, 0.1) is 0 Å². The zero-order valence-electron chi connectivity index (χ0n) is 8.01. The number of aromatic nitrogens is 1. The molecule has 0 radical (unpaired) electrons. The Kier molecular flexibility index (Phi) is 3.20. The fraction of sp³-hybridized carbons (Fsp3) is 0.375. The summed E-state index contributed by atoms with van der Waals surface area (Å²) < 4.78 is 24.2. The summed E-state index contributed by atoms with van der Waals surface area (Å²) in [6, 6.07) is 2.91. The van der Waals surface area contributed by atoms with Gasteiger partial charge in [-0.25, -0.2) is 17.7 Å². The molecule has 0 aliphatic rings. The summed E-state index contributed by atoms with van der Waals surface area (Å²) in [6.45, 7) is -0.144. The van der Waals surface area contributed by atoms with Gasteiger partial charge in [-0.2, -0.15) is 0 Å². The molecule has 78 valence electrons. The number of aliphatic hydroxyl groups excluding tert-OH is 1. The van der Waals surface area contributed by atoms with Crippen molar-refractivity contribution in [3.05, 3.63) is 23.9 Å². The van der Waals surface area contributed by atoms with Crippen molar-refractivity contribution >= 4 is 10.0 Å². The van der Waals surface area contributed by atoms with Gasteiger partial charge in [-0.3, -0.25) is 0 Å². The molecule has 1 N–H and O–H groups in total. The molecular weight excluding hydrogens is 204 g/mol. The second kappa shape index (κ2) is 4.04. The molecule has 0 unspecified atom stereocenters. The Bertz CT molecular complexity index is 397. The highest BCUT2D eigenvalue weighted by molar-refractivity contribution is 7.89. The van der Waals surface area contributed by atoms with Crippen molar-refractivity contribution in [2.45, 2.75) is 11.6 Å². The zero-order valence-corrected chi connectivity index (χ0v) is 8.82. The Hall–Kier alpha value is -0.980. The lowest BCUT2D eigenvalue weighted by Crippen LogP contribution is -2.23. The number of sulfonamides is 1. The maximum absolute atomic E-state index is 11.5. The number of nitrogens with zero attached hydrogens (tertiary/aromatic N) is 2. The van der Waals surface area contributed by atoms with Crippen LogP contribution < -0.4 is 0 Å². The minimum absolute atomic E-state index is 0.0142. The van der Waals surface area contributed by atoms with Crippen LogP contribution in [0.3, 0.4) is 0 Å². The van der Waals surface area contributed by atoms with Gasteiger partial charge >= 0.3 is 0 Å². The highest BCUT2D eigenvalue weighted by Gasteiger charge is 2.17. The van der Waals surface area contributed by atoms with Gasteiger partial charge in [0.2, 0.25) is 0 Å². The summed E-state index contributed by atoms with van der Waals surface area (Å²) in [5, 5.41) is 8.73. The number of pyridine rings is 1. The molecule has 0 aliphatic carbocycles. The third kappa shape index (κ3) is 2.09. The van der Waals surface area contributed by atoms with Crippen LogP contribution >= 0.6 is 0 Å². The van der Waals surface area contributed by atoms with E-state index >= 15 is 0 Å². The van der Waals surface area contributed by atoms with Gasteiger partial charge in [0.25, 0.3) is 10.0 Å². The molecule has 14 heavy (non-hydrogen) atoms. The summed E-state index contributed by atoms with van der Waals surface area (Å²) in [4.78, 5) is 3.75. The van der Waals surface area contributed by atoms with Crippen LogP contribution in [0.2, 0.25) is 0 Å². The van der Waals surface area contributed by atoms with E-state index in [0.717, 1.165) is 4.31 Å². The highest BCUT2D eigenvalue weighted by Crippen LogP contribution is 2.10. The van der Waals surface area contributed by atoms with E-state index in [1.165, 1.54) is 32.4 Å². The summed E-state index contributed by atoms with van der Waals surface area (Å²) >= 11 is 0. The number of hydrogen-bond donors (Lipinski definition) is 1. The van der Waals surface area contributed by atoms with Gasteiger partial charge in [-0.05, 0) is 11.6 Å². The van der Waals surface area contributed by atoms with E-state index in [1.807, 2.05) is 0 Å². The first kappa shape index (κ1) is 11.1. The normalized spacial score (nSPS) is 12.0. The molecule has 6 heteroatoms. The molecule has 5 nitrogen and oxygen atoms in total. The van der Waals surface area contributed by atoms with Crippen molar-refractivity contribution in [2.75, 3.05) is 14.1 Å². The minimum atomic E-state index is -3.46. The molecule has 1 aromatic rings. The molecule has 0 amide bonds. The summed E-state index contributed by atoms with van der Waals surface area (Å²) in [5.74, 6) is 0. The second-order valence-electron chi connectivity index (χ2n) is 2.95. The van der Waals surface area contributed by atoms with Gasteiger partial charge in [0.15, 0.2) is 5.03 Å².